The minimum atomic E-state index is -0.657. The van der Waals surface area contributed by atoms with Crippen molar-refractivity contribution in [1.29, 1.82) is 5.26 Å². The van der Waals surface area contributed by atoms with Crippen LogP contribution in [0.4, 0.5) is 4.39 Å². The summed E-state index contributed by atoms with van der Waals surface area (Å²) in [6, 6.07) is 12.2. The first kappa shape index (κ1) is 20.5. The van der Waals surface area contributed by atoms with Gasteiger partial charge in [-0.3, -0.25) is 4.79 Å². The van der Waals surface area contributed by atoms with Gasteiger partial charge in [-0.1, -0.05) is 24.3 Å². The lowest BCUT2D eigenvalue weighted by atomic mass is 9.93. The molecule has 1 saturated heterocycles. The Kier molecular flexibility index (Phi) is 6.38. The lowest BCUT2D eigenvalue weighted by molar-refractivity contribution is -0.132. The first-order chi connectivity index (χ1) is 14.6. The van der Waals surface area contributed by atoms with Gasteiger partial charge in [0.05, 0.1) is 19.3 Å². The fourth-order valence-electron chi connectivity index (χ4n) is 3.88. The molecule has 2 aromatic rings. The lowest BCUT2D eigenvalue weighted by Crippen LogP contribution is -2.46. The minimum absolute atomic E-state index is 0.273. The Bertz CT molecular complexity index is 965. The van der Waals surface area contributed by atoms with E-state index in [0.717, 1.165) is 40.8 Å². The van der Waals surface area contributed by atoms with Gasteiger partial charge in [0.25, 0.3) is 5.91 Å². The van der Waals surface area contributed by atoms with Crippen molar-refractivity contribution in [3.8, 4) is 17.2 Å². The van der Waals surface area contributed by atoms with Crippen LogP contribution in [0.1, 0.15) is 23.1 Å². The van der Waals surface area contributed by atoms with E-state index in [1.54, 1.807) is 6.07 Å². The molecule has 0 spiro atoms. The number of nitrogens with zero attached hydrogens (tertiary/aromatic N) is 1. The van der Waals surface area contributed by atoms with E-state index >= 15 is 0 Å². The maximum atomic E-state index is 13.6. The zero-order valence-corrected chi connectivity index (χ0v) is 16.6. The summed E-state index contributed by atoms with van der Waals surface area (Å²) in [7, 11) is 0. The maximum Gasteiger partial charge on any atom is 0.251 e. The Morgan fingerprint density at radius 1 is 1.23 bits per heavy atom. The molecule has 1 unspecified atom stereocenters. The van der Waals surface area contributed by atoms with E-state index < -0.39 is 12.1 Å². The fraction of sp³-hybridized carbons (Fsp3) is 0.391. The molecule has 0 bridgehead atoms. The number of halogens is 1. The Morgan fingerprint density at radius 2 is 2.00 bits per heavy atom. The van der Waals surface area contributed by atoms with Gasteiger partial charge >= 0.3 is 0 Å². The van der Waals surface area contributed by atoms with Crippen LogP contribution in [0.15, 0.2) is 36.4 Å². The summed E-state index contributed by atoms with van der Waals surface area (Å²) in [5.74, 6) is -0.553. The largest absolute Gasteiger partial charge is 0.372 e. The molecular formula is C23H24FN3O3. The molecule has 2 heterocycles. The number of carbonyl (C=O) groups excluding carboxylic acids is 1. The van der Waals surface area contributed by atoms with Crippen LogP contribution in [0, 0.1) is 17.1 Å². The van der Waals surface area contributed by atoms with E-state index in [2.05, 4.69) is 16.7 Å². The van der Waals surface area contributed by atoms with Crippen LogP contribution in [0.25, 0.3) is 11.1 Å². The van der Waals surface area contributed by atoms with Gasteiger partial charge in [0.2, 0.25) is 0 Å². The van der Waals surface area contributed by atoms with E-state index in [1.165, 1.54) is 12.1 Å². The van der Waals surface area contributed by atoms with Crippen molar-refractivity contribution in [1.82, 2.24) is 10.6 Å². The second kappa shape index (κ2) is 9.35. The molecule has 6 nitrogen and oxygen atoms in total. The number of carbonyl (C=O) groups is 1. The summed E-state index contributed by atoms with van der Waals surface area (Å²) in [5.41, 5.74) is 4.69. The highest BCUT2D eigenvalue weighted by Crippen LogP contribution is 2.32. The fourth-order valence-corrected chi connectivity index (χ4v) is 3.88. The third kappa shape index (κ3) is 4.68. The highest BCUT2D eigenvalue weighted by atomic mass is 19.1. The molecule has 7 heteroatoms. The van der Waals surface area contributed by atoms with Crippen molar-refractivity contribution < 1.29 is 18.7 Å². The average molecular weight is 409 g/mol. The summed E-state index contributed by atoms with van der Waals surface area (Å²) in [6.07, 6.45) is 0.658. The van der Waals surface area contributed by atoms with Gasteiger partial charge in [0.1, 0.15) is 18.0 Å². The normalized spacial score (nSPS) is 19.4. The van der Waals surface area contributed by atoms with Crippen molar-refractivity contribution >= 4 is 5.91 Å². The van der Waals surface area contributed by atoms with Crippen LogP contribution in [-0.2, 0) is 33.9 Å². The van der Waals surface area contributed by atoms with Crippen LogP contribution < -0.4 is 10.6 Å². The number of benzene rings is 2. The lowest BCUT2D eigenvalue weighted by Gasteiger charge is -2.18. The maximum absolute atomic E-state index is 13.6. The zero-order valence-electron chi connectivity index (χ0n) is 16.6. The molecule has 0 aliphatic carbocycles. The van der Waals surface area contributed by atoms with Crippen molar-refractivity contribution in [3.05, 3.63) is 58.9 Å². The van der Waals surface area contributed by atoms with Crippen LogP contribution in [0.3, 0.4) is 0 Å². The summed E-state index contributed by atoms with van der Waals surface area (Å²) in [6.45, 7) is 2.55. The monoisotopic (exact) mass is 409 g/mol. The highest BCUT2D eigenvalue weighted by molar-refractivity contribution is 5.81. The van der Waals surface area contributed by atoms with E-state index in [0.29, 0.717) is 32.8 Å². The van der Waals surface area contributed by atoms with Gasteiger partial charge in [-0.25, -0.2) is 4.39 Å². The molecule has 0 aromatic heterocycles. The summed E-state index contributed by atoms with van der Waals surface area (Å²) < 4.78 is 24.9. The molecule has 1 fully saturated rings. The minimum Gasteiger partial charge on any atom is -0.372 e. The number of fused-ring (bicyclic) bond motifs is 3. The van der Waals surface area contributed by atoms with Gasteiger partial charge in [-0.15, -0.1) is 0 Å². The number of rotatable bonds is 4. The molecule has 0 saturated carbocycles. The number of ether oxygens (including phenoxy) is 2. The topological polar surface area (TPSA) is 83.4 Å². The number of hydrogen-bond acceptors (Lipinski definition) is 5. The zero-order chi connectivity index (χ0) is 20.9. The van der Waals surface area contributed by atoms with Gasteiger partial charge in [-0.2, -0.15) is 5.26 Å². The Balaban J connectivity index is 1.48. The first-order valence-corrected chi connectivity index (χ1v) is 10.1. The van der Waals surface area contributed by atoms with Gasteiger partial charge in [0, 0.05) is 19.6 Å². The van der Waals surface area contributed by atoms with Crippen LogP contribution in [0.2, 0.25) is 0 Å². The Morgan fingerprint density at radius 3 is 2.80 bits per heavy atom. The number of hydrogen-bond donors (Lipinski definition) is 2. The molecule has 4 rings (SSSR count). The molecule has 2 N–H and O–H groups in total. The third-order valence-corrected chi connectivity index (χ3v) is 5.39. The molecule has 1 amide bonds. The van der Waals surface area contributed by atoms with Gasteiger partial charge in [-0.05, 0) is 52.9 Å². The van der Waals surface area contributed by atoms with E-state index in [9.17, 15) is 14.4 Å². The summed E-state index contributed by atoms with van der Waals surface area (Å²) in [5, 5.41) is 15.5. The van der Waals surface area contributed by atoms with E-state index in [4.69, 9.17) is 9.47 Å². The quantitative estimate of drug-likeness (QED) is 0.811. The summed E-state index contributed by atoms with van der Waals surface area (Å²) >= 11 is 0. The van der Waals surface area contributed by atoms with E-state index in [-0.39, 0.29) is 11.7 Å². The number of nitriles is 1. The van der Waals surface area contributed by atoms with Crippen LogP contribution >= 0.6 is 0 Å². The predicted octanol–water partition coefficient (Wildman–Crippen LogP) is 2.45. The predicted molar refractivity (Wildman–Crippen MR) is 109 cm³/mol. The van der Waals surface area contributed by atoms with Crippen LogP contribution in [0.5, 0.6) is 0 Å². The van der Waals surface area contributed by atoms with Crippen molar-refractivity contribution in [2.45, 2.75) is 38.2 Å². The molecule has 2 atom stereocenters. The van der Waals surface area contributed by atoms with Gasteiger partial charge < -0.3 is 20.1 Å². The third-order valence-electron chi connectivity index (χ3n) is 5.39. The number of amides is 1. The second-order valence-corrected chi connectivity index (χ2v) is 7.60. The Hall–Kier alpha value is -2.79. The first-order valence-electron chi connectivity index (χ1n) is 10.1. The molecule has 2 aromatic carbocycles. The second-order valence-electron chi connectivity index (χ2n) is 7.60. The van der Waals surface area contributed by atoms with E-state index in [1.807, 2.05) is 18.2 Å². The van der Waals surface area contributed by atoms with Crippen LogP contribution in [-0.4, -0.2) is 37.7 Å². The molecule has 0 radical (unpaired) electrons. The standard InChI is InChI=1S/C23H24FN3O3/c24-18-3-5-21-17(10-18)14-29-13-16-8-15(2-4-20(16)21)9-19(11-25)27-23(28)22-12-26-6-1-7-30-22/h2-5,8,10,19,22,26H,1,6-7,9,12-14H2,(H,27,28)/t19?,22-/m0/s1. The van der Waals surface area contributed by atoms with Crippen molar-refractivity contribution in [2.24, 2.45) is 0 Å². The van der Waals surface area contributed by atoms with Crippen molar-refractivity contribution in [3.63, 3.8) is 0 Å². The SMILES string of the molecule is N#CC(Cc1ccc2c(c1)COCc1cc(F)ccc1-2)NC(=O)[C@@H]1CNCCCO1. The molecule has 2 aliphatic heterocycles. The molecule has 30 heavy (non-hydrogen) atoms. The van der Waals surface area contributed by atoms with Crippen molar-refractivity contribution in [2.75, 3.05) is 19.7 Å². The molecule has 2 aliphatic rings. The average Bonchev–Trinajstić information content (AvgIpc) is 3.12. The van der Waals surface area contributed by atoms with Gasteiger partial charge in [0.15, 0.2) is 0 Å². The molecular weight excluding hydrogens is 385 g/mol. The smallest absolute Gasteiger partial charge is 0.251 e. The summed E-state index contributed by atoms with van der Waals surface area (Å²) in [4.78, 5) is 12.5. The highest BCUT2D eigenvalue weighted by Gasteiger charge is 2.24. The Labute approximate surface area is 175 Å². The number of nitrogens with one attached hydrogen (secondary N) is 2. The molecule has 156 valence electrons.